The lowest BCUT2D eigenvalue weighted by atomic mass is 9.44. The summed E-state index contributed by atoms with van der Waals surface area (Å²) in [7, 11) is 0. The van der Waals surface area contributed by atoms with E-state index in [1.807, 2.05) is 12.1 Å². The van der Waals surface area contributed by atoms with E-state index in [0.717, 1.165) is 60.2 Å². The van der Waals surface area contributed by atoms with Crippen molar-refractivity contribution in [2.45, 2.75) is 158 Å². The third-order valence-corrected chi connectivity index (χ3v) is 17.9. The van der Waals surface area contributed by atoms with Gasteiger partial charge in [-0.1, -0.05) is 80.4 Å². The predicted octanol–water partition coefficient (Wildman–Crippen LogP) is 12.6. The van der Waals surface area contributed by atoms with Crippen LogP contribution in [0.5, 0.6) is 0 Å². The van der Waals surface area contributed by atoms with E-state index >= 15 is 0 Å². The van der Waals surface area contributed by atoms with Gasteiger partial charge in [0.25, 0.3) is 0 Å². The molecule has 12 atom stereocenters. The van der Waals surface area contributed by atoms with Gasteiger partial charge in [0.2, 0.25) is 0 Å². The van der Waals surface area contributed by atoms with E-state index in [-0.39, 0.29) is 22.8 Å². The highest BCUT2D eigenvalue weighted by molar-refractivity contribution is 6.03. The van der Waals surface area contributed by atoms with Crippen LogP contribution in [0.15, 0.2) is 24.3 Å². The molecule has 7 rings (SSSR count). The molecule has 290 valence electrons. The molecule has 6 saturated carbocycles. The summed E-state index contributed by atoms with van der Waals surface area (Å²) in [6.45, 7) is 20.5. The first-order valence-electron chi connectivity index (χ1n) is 22.1. The van der Waals surface area contributed by atoms with E-state index in [0.29, 0.717) is 47.0 Å². The normalized spacial score (nSPS) is 43.1. The van der Waals surface area contributed by atoms with Gasteiger partial charge >= 0.3 is 11.9 Å². The molecule has 6 aliphatic carbocycles. The fourth-order valence-electron chi connectivity index (χ4n) is 15.0. The van der Waals surface area contributed by atoms with Gasteiger partial charge in [-0.25, -0.2) is 9.59 Å². The van der Waals surface area contributed by atoms with Crippen LogP contribution in [0, 0.1) is 80.8 Å². The van der Waals surface area contributed by atoms with Crippen LogP contribution in [-0.2, 0) is 9.47 Å². The molecule has 0 aromatic heterocycles. The Morgan fingerprint density at radius 1 is 0.596 bits per heavy atom. The summed E-state index contributed by atoms with van der Waals surface area (Å²) in [5, 5.41) is 0. The van der Waals surface area contributed by atoms with Crippen LogP contribution in [0.1, 0.15) is 179 Å². The van der Waals surface area contributed by atoms with Crippen molar-refractivity contribution in [1.29, 1.82) is 0 Å². The van der Waals surface area contributed by atoms with Crippen LogP contribution >= 0.6 is 0 Å². The molecular weight excluding hydrogens is 641 g/mol. The van der Waals surface area contributed by atoms with Gasteiger partial charge < -0.3 is 9.47 Å². The number of rotatable bonds is 8. The van der Waals surface area contributed by atoms with Gasteiger partial charge in [0, 0.05) is 10.8 Å². The minimum Gasteiger partial charge on any atom is -0.461 e. The number of carbonyl (C=O) groups excluding carboxylic acids is 2. The van der Waals surface area contributed by atoms with E-state index in [1.165, 1.54) is 89.9 Å². The van der Waals surface area contributed by atoms with Gasteiger partial charge in [-0.3, -0.25) is 0 Å². The SMILES string of the molecule is CC(C)[C@@H]1CC[C@@H]2[C@H](CC[C@@H]3[C@](C)(COC(=O)c4ccccc4C(=O)OC[C@]4(C)CCC[C@]5(C)[C@@H]6CC[C@H](C(C)C)C[C@@H]6CC[C@@H]45)CCC[C@@]23C)C1. The highest BCUT2D eigenvalue weighted by atomic mass is 16.5. The number of hydrogen-bond donors (Lipinski definition) is 0. The first-order chi connectivity index (χ1) is 24.7. The fraction of sp³-hybridized carbons (Fsp3) is 0.833. The second-order valence-corrected chi connectivity index (χ2v) is 21.4. The zero-order chi connectivity index (χ0) is 37.1. The van der Waals surface area contributed by atoms with Gasteiger partial charge in [0.15, 0.2) is 0 Å². The Bertz CT molecular complexity index is 1340. The summed E-state index contributed by atoms with van der Waals surface area (Å²) >= 11 is 0. The maximum Gasteiger partial charge on any atom is 0.339 e. The summed E-state index contributed by atoms with van der Waals surface area (Å²) in [5.41, 5.74) is 1.28. The number of esters is 2. The zero-order valence-electron chi connectivity index (χ0n) is 34.4. The Morgan fingerprint density at radius 2 is 1.00 bits per heavy atom. The largest absolute Gasteiger partial charge is 0.461 e. The van der Waals surface area contributed by atoms with Crippen LogP contribution in [0.25, 0.3) is 0 Å². The molecule has 0 heterocycles. The van der Waals surface area contributed by atoms with Crippen LogP contribution in [0.2, 0.25) is 0 Å². The van der Waals surface area contributed by atoms with Crippen LogP contribution in [-0.4, -0.2) is 25.2 Å². The zero-order valence-corrected chi connectivity index (χ0v) is 34.4. The van der Waals surface area contributed by atoms with Crippen molar-refractivity contribution >= 4 is 11.9 Å². The number of hydrogen-bond acceptors (Lipinski definition) is 4. The van der Waals surface area contributed by atoms with Gasteiger partial charge in [0.1, 0.15) is 0 Å². The molecule has 0 bridgehead atoms. The maximum atomic E-state index is 13.9. The third-order valence-electron chi connectivity index (χ3n) is 17.9. The predicted molar refractivity (Wildman–Crippen MR) is 211 cm³/mol. The minimum absolute atomic E-state index is 0.0345. The second-order valence-electron chi connectivity index (χ2n) is 21.4. The van der Waals surface area contributed by atoms with Crippen molar-refractivity contribution in [2.24, 2.45) is 80.8 Å². The highest BCUT2D eigenvalue weighted by Crippen LogP contribution is 2.66. The first-order valence-corrected chi connectivity index (χ1v) is 22.1. The summed E-state index contributed by atoms with van der Waals surface area (Å²) in [6.07, 6.45) is 20.7. The molecule has 1 aromatic rings. The molecule has 0 N–H and O–H groups in total. The van der Waals surface area contributed by atoms with Crippen LogP contribution in [0.4, 0.5) is 0 Å². The Kier molecular flexibility index (Phi) is 10.8. The summed E-state index contributed by atoms with van der Waals surface area (Å²) in [4.78, 5) is 27.8. The number of fused-ring (bicyclic) bond motifs is 6. The maximum absolute atomic E-state index is 13.9. The lowest BCUT2D eigenvalue weighted by Gasteiger charge is -2.61. The molecule has 0 radical (unpaired) electrons. The highest BCUT2D eigenvalue weighted by Gasteiger charge is 2.59. The average Bonchev–Trinajstić information content (AvgIpc) is 3.12. The van der Waals surface area contributed by atoms with Crippen molar-refractivity contribution in [3.05, 3.63) is 35.4 Å². The molecule has 0 amide bonds. The van der Waals surface area contributed by atoms with Gasteiger partial charge in [-0.15, -0.1) is 0 Å². The number of carbonyl (C=O) groups is 2. The second kappa shape index (κ2) is 14.7. The standard InChI is InChI=1S/C48H74O4/c1-31(2)33-15-19-39-35(27-33)17-21-41-45(5,23-11-25-47(39,41)7)29-51-43(49)37-13-9-10-14-38(37)44(50)52-30-46(6)24-12-26-48(8)40-20-16-34(32(3)4)28-36(40)18-22-42(46)48/h9-10,13-14,31-36,39-42H,11-12,15-30H2,1-8H3/t33-,34+,35-,36+,39-,40-,41-,42+,45+,46+,47+,48-/m1/s1. The Balaban J connectivity index is 0.994. The van der Waals surface area contributed by atoms with E-state index in [4.69, 9.17) is 9.47 Å². The molecule has 4 heteroatoms. The van der Waals surface area contributed by atoms with E-state index in [1.54, 1.807) is 12.1 Å². The molecule has 0 aliphatic heterocycles. The van der Waals surface area contributed by atoms with Crippen molar-refractivity contribution in [2.75, 3.05) is 13.2 Å². The minimum atomic E-state index is -0.376. The number of ether oxygens (including phenoxy) is 2. The van der Waals surface area contributed by atoms with E-state index in [2.05, 4.69) is 55.4 Å². The molecule has 4 nitrogen and oxygen atoms in total. The van der Waals surface area contributed by atoms with Gasteiger partial charge in [0.05, 0.1) is 24.3 Å². The van der Waals surface area contributed by atoms with Crippen molar-refractivity contribution in [3.63, 3.8) is 0 Å². The molecule has 52 heavy (non-hydrogen) atoms. The molecular formula is C48H74O4. The number of benzene rings is 1. The summed E-state index contributed by atoms with van der Waals surface area (Å²) in [5.74, 6) is 7.02. The van der Waals surface area contributed by atoms with Crippen LogP contribution in [0.3, 0.4) is 0 Å². The fourth-order valence-corrected chi connectivity index (χ4v) is 15.0. The summed E-state index contributed by atoms with van der Waals surface area (Å²) < 4.78 is 12.5. The Labute approximate surface area is 317 Å². The third kappa shape index (κ3) is 6.84. The van der Waals surface area contributed by atoms with Gasteiger partial charge in [-0.05, 0) is 172 Å². The molecule has 1 aromatic carbocycles. The molecule has 6 fully saturated rings. The lowest BCUT2D eigenvalue weighted by molar-refractivity contribution is -0.136. The summed E-state index contributed by atoms with van der Waals surface area (Å²) in [6, 6.07) is 7.22. The lowest BCUT2D eigenvalue weighted by Crippen LogP contribution is -2.55. The van der Waals surface area contributed by atoms with Crippen molar-refractivity contribution < 1.29 is 19.1 Å². The van der Waals surface area contributed by atoms with E-state index in [9.17, 15) is 9.59 Å². The average molecular weight is 715 g/mol. The Hall–Kier alpha value is -1.84. The van der Waals surface area contributed by atoms with Crippen molar-refractivity contribution in [1.82, 2.24) is 0 Å². The van der Waals surface area contributed by atoms with Crippen LogP contribution < -0.4 is 0 Å². The molecule has 0 spiro atoms. The topological polar surface area (TPSA) is 52.6 Å². The molecule has 0 saturated heterocycles. The molecule has 6 aliphatic rings. The monoisotopic (exact) mass is 715 g/mol. The van der Waals surface area contributed by atoms with Gasteiger partial charge in [-0.2, -0.15) is 0 Å². The molecule has 0 unspecified atom stereocenters. The first kappa shape index (κ1) is 38.4. The smallest absolute Gasteiger partial charge is 0.339 e. The van der Waals surface area contributed by atoms with E-state index < -0.39 is 0 Å². The quantitative estimate of drug-likeness (QED) is 0.252. The van der Waals surface area contributed by atoms with Crippen molar-refractivity contribution in [3.8, 4) is 0 Å². The Morgan fingerprint density at radius 3 is 1.38 bits per heavy atom.